The van der Waals surface area contributed by atoms with Gasteiger partial charge in [0.25, 0.3) is 0 Å². The monoisotopic (exact) mass is 526 g/mol. The number of halogens is 5. The second-order valence-corrected chi connectivity index (χ2v) is 7.81. The van der Waals surface area contributed by atoms with Gasteiger partial charge < -0.3 is 20.1 Å². The molecule has 0 spiro atoms. The van der Waals surface area contributed by atoms with Crippen LogP contribution in [-0.4, -0.2) is 29.0 Å². The molecule has 0 fully saturated rings. The van der Waals surface area contributed by atoms with Gasteiger partial charge >= 0.3 is 12.4 Å². The summed E-state index contributed by atoms with van der Waals surface area (Å²) in [6.07, 6.45) is -2.01. The molecule has 0 bridgehead atoms. The normalized spacial score (nSPS) is 17.5. The van der Waals surface area contributed by atoms with Crippen LogP contribution in [0.4, 0.5) is 28.0 Å². The minimum absolute atomic E-state index is 0.140. The Morgan fingerprint density at radius 3 is 2.70 bits per heavy atom. The highest BCUT2D eigenvalue weighted by molar-refractivity contribution is 9.10. The molecule has 2 aromatic heterocycles. The number of carbonyl (C=O) groups excluding carboxylic acids is 1. The summed E-state index contributed by atoms with van der Waals surface area (Å²) in [7, 11) is 0. The molecule has 1 atom stereocenters. The van der Waals surface area contributed by atoms with Crippen LogP contribution in [0.25, 0.3) is 0 Å². The molecule has 33 heavy (non-hydrogen) atoms. The van der Waals surface area contributed by atoms with Crippen LogP contribution in [-0.2, 0) is 5.54 Å². The van der Waals surface area contributed by atoms with Crippen molar-refractivity contribution in [2.75, 3.05) is 11.9 Å². The average Bonchev–Trinajstić information content (AvgIpc) is 2.76. The minimum atomic E-state index is -5.05. The number of ether oxygens (including phenoxy) is 2. The Bertz CT molecular complexity index is 1180. The smallest absolute Gasteiger partial charge is 0.491 e. The first-order valence-electron chi connectivity index (χ1n) is 9.51. The van der Waals surface area contributed by atoms with Gasteiger partial charge in [0, 0.05) is 12.6 Å². The molecule has 3 heterocycles. The SMILES string of the molecule is O=C(Nc1ccc(Br)nc1)NC1(c2ccc(OC(F)(F)F)c(F)c2)CCOc2cccnc21. The highest BCUT2D eigenvalue weighted by atomic mass is 79.9. The van der Waals surface area contributed by atoms with Gasteiger partial charge in [-0.1, -0.05) is 6.07 Å². The van der Waals surface area contributed by atoms with Crippen LogP contribution in [0, 0.1) is 5.82 Å². The molecule has 2 N–H and O–H groups in total. The Kier molecular flexibility index (Phi) is 6.11. The van der Waals surface area contributed by atoms with Gasteiger partial charge in [-0.3, -0.25) is 4.98 Å². The van der Waals surface area contributed by atoms with Crippen molar-refractivity contribution < 1.29 is 31.8 Å². The largest absolute Gasteiger partial charge is 0.573 e. The molecule has 7 nitrogen and oxygen atoms in total. The molecule has 1 aliphatic heterocycles. The predicted molar refractivity (Wildman–Crippen MR) is 112 cm³/mol. The lowest BCUT2D eigenvalue weighted by atomic mass is 9.81. The molecule has 1 aliphatic rings. The van der Waals surface area contributed by atoms with Gasteiger partial charge in [0.15, 0.2) is 11.6 Å². The number of nitrogens with zero attached hydrogens (tertiary/aromatic N) is 2. The van der Waals surface area contributed by atoms with Crippen molar-refractivity contribution >= 4 is 27.6 Å². The number of rotatable bonds is 4. The number of fused-ring (bicyclic) bond motifs is 1. The van der Waals surface area contributed by atoms with E-state index in [1.807, 2.05) is 0 Å². The molecular weight excluding hydrogens is 512 g/mol. The number of amides is 2. The van der Waals surface area contributed by atoms with Gasteiger partial charge in [-0.15, -0.1) is 13.2 Å². The van der Waals surface area contributed by atoms with Crippen molar-refractivity contribution in [1.82, 2.24) is 15.3 Å². The molecule has 1 unspecified atom stereocenters. The number of hydrogen-bond donors (Lipinski definition) is 2. The minimum Gasteiger partial charge on any atom is -0.491 e. The zero-order chi connectivity index (χ0) is 23.6. The zero-order valence-corrected chi connectivity index (χ0v) is 18.2. The number of anilines is 1. The summed E-state index contributed by atoms with van der Waals surface area (Å²) in [6, 6.07) is 8.83. The summed E-state index contributed by atoms with van der Waals surface area (Å²) >= 11 is 3.20. The first kappa shape index (κ1) is 22.8. The van der Waals surface area contributed by atoms with Crippen LogP contribution in [0.1, 0.15) is 17.7 Å². The standard InChI is InChI=1S/C21H15BrF4N4O3/c22-17-6-4-13(11-28-17)29-19(31)30-20(7-9-32-16-2-1-8-27-18(16)20)12-3-5-15(14(23)10-12)33-21(24,25)26/h1-6,8,10-11H,7,9H2,(H2,29,30,31). The van der Waals surface area contributed by atoms with Crippen molar-refractivity contribution in [2.24, 2.45) is 0 Å². The van der Waals surface area contributed by atoms with Gasteiger partial charge in [0.05, 0.1) is 18.5 Å². The lowest BCUT2D eigenvalue weighted by Gasteiger charge is -2.39. The molecule has 172 valence electrons. The second-order valence-electron chi connectivity index (χ2n) is 7.00. The molecular formula is C21H15BrF4N4O3. The first-order valence-corrected chi connectivity index (χ1v) is 10.3. The molecule has 3 aromatic rings. The highest BCUT2D eigenvalue weighted by Crippen LogP contribution is 2.41. The molecule has 12 heteroatoms. The fraction of sp³-hybridized carbons (Fsp3) is 0.190. The van der Waals surface area contributed by atoms with Crippen molar-refractivity contribution in [1.29, 1.82) is 0 Å². The third-order valence-electron chi connectivity index (χ3n) is 4.87. The van der Waals surface area contributed by atoms with Crippen LogP contribution >= 0.6 is 15.9 Å². The Hall–Kier alpha value is -3.41. The zero-order valence-electron chi connectivity index (χ0n) is 16.6. The molecule has 4 rings (SSSR count). The number of aromatic nitrogens is 2. The summed E-state index contributed by atoms with van der Waals surface area (Å²) in [6.45, 7) is 0.140. The van der Waals surface area contributed by atoms with Crippen LogP contribution in [0.2, 0.25) is 0 Å². The molecule has 2 amide bonds. The van der Waals surface area contributed by atoms with Gasteiger partial charge in [-0.25, -0.2) is 14.2 Å². The number of pyridine rings is 2. The van der Waals surface area contributed by atoms with Gasteiger partial charge in [0.1, 0.15) is 21.6 Å². The summed E-state index contributed by atoms with van der Waals surface area (Å²) in [5.41, 5.74) is -0.551. The maximum absolute atomic E-state index is 14.6. The number of benzene rings is 1. The van der Waals surface area contributed by atoms with E-state index in [-0.39, 0.29) is 24.3 Å². The quantitative estimate of drug-likeness (QED) is 0.364. The number of alkyl halides is 3. The number of urea groups is 1. The Balaban J connectivity index is 1.73. The summed E-state index contributed by atoms with van der Waals surface area (Å²) in [5, 5.41) is 5.43. The fourth-order valence-electron chi connectivity index (χ4n) is 3.51. The van der Waals surface area contributed by atoms with E-state index in [1.165, 1.54) is 18.5 Å². The molecule has 0 saturated carbocycles. The third-order valence-corrected chi connectivity index (χ3v) is 5.34. The van der Waals surface area contributed by atoms with Crippen LogP contribution in [0.3, 0.4) is 0 Å². The molecule has 0 aliphatic carbocycles. The van der Waals surface area contributed by atoms with Gasteiger partial charge in [-0.05, 0) is 57.9 Å². The molecule has 1 aromatic carbocycles. The van der Waals surface area contributed by atoms with E-state index in [9.17, 15) is 22.4 Å². The van der Waals surface area contributed by atoms with Crippen LogP contribution in [0.5, 0.6) is 11.5 Å². The maximum atomic E-state index is 14.6. The first-order chi connectivity index (χ1) is 15.7. The van der Waals surface area contributed by atoms with Crippen molar-refractivity contribution in [3.8, 4) is 11.5 Å². The maximum Gasteiger partial charge on any atom is 0.573 e. The highest BCUT2D eigenvalue weighted by Gasteiger charge is 2.43. The Labute approximate surface area is 193 Å². The number of hydrogen-bond acceptors (Lipinski definition) is 5. The lowest BCUT2D eigenvalue weighted by Crippen LogP contribution is -2.51. The van der Waals surface area contributed by atoms with Crippen LogP contribution < -0.4 is 20.1 Å². The second kappa shape index (κ2) is 8.85. The average molecular weight is 527 g/mol. The molecule has 0 radical (unpaired) electrons. The van der Waals surface area contributed by atoms with E-state index in [0.29, 0.717) is 16.0 Å². The van der Waals surface area contributed by atoms with E-state index in [2.05, 4.69) is 41.3 Å². The van der Waals surface area contributed by atoms with E-state index >= 15 is 0 Å². The van der Waals surface area contributed by atoms with Gasteiger partial charge in [0.2, 0.25) is 0 Å². The Morgan fingerprint density at radius 1 is 1.18 bits per heavy atom. The van der Waals surface area contributed by atoms with E-state index in [4.69, 9.17) is 4.74 Å². The fourth-order valence-corrected chi connectivity index (χ4v) is 3.75. The van der Waals surface area contributed by atoms with Crippen molar-refractivity contribution in [3.05, 3.63) is 76.5 Å². The van der Waals surface area contributed by atoms with Crippen molar-refractivity contribution in [2.45, 2.75) is 18.3 Å². The third kappa shape index (κ3) is 5.00. The summed E-state index contributed by atoms with van der Waals surface area (Å²) < 4.78 is 62.2. The van der Waals surface area contributed by atoms with Crippen LogP contribution in [0.15, 0.2) is 59.5 Å². The summed E-state index contributed by atoms with van der Waals surface area (Å²) in [5.74, 6) is -1.88. The van der Waals surface area contributed by atoms with E-state index in [1.54, 1.807) is 24.3 Å². The van der Waals surface area contributed by atoms with Gasteiger partial charge in [-0.2, -0.15) is 0 Å². The summed E-state index contributed by atoms with van der Waals surface area (Å²) in [4.78, 5) is 21.2. The number of nitrogens with one attached hydrogen (secondary N) is 2. The van der Waals surface area contributed by atoms with E-state index in [0.717, 1.165) is 12.1 Å². The van der Waals surface area contributed by atoms with E-state index < -0.39 is 29.5 Å². The predicted octanol–water partition coefficient (Wildman–Crippen LogP) is 5.12. The lowest BCUT2D eigenvalue weighted by molar-refractivity contribution is -0.275. The molecule has 0 saturated heterocycles. The topological polar surface area (TPSA) is 85.4 Å². The van der Waals surface area contributed by atoms with Crippen molar-refractivity contribution in [3.63, 3.8) is 0 Å². The Morgan fingerprint density at radius 2 is 2.00 bits per heavy atom. The number of carbonyl (C=O) groups is 1.